The van der Waals surface area contributed by atoms with Gasteiger partial charge in [-0.05, 0) is 43.9 Å². The van der Waals surface area contributed by atoms with Crippen molar-refractivity contribution in [1.82, 2.24) is 4.90 Å². The zero-order chi connectivity index (χ0) is 23.2. The fourth-order valence-corrected chi connectivity index (χ4v) is 3.58. The Morgan fingerprint density at radius 1 is 0.968 bits per heavy atom. The summed E-state index contributed by atoms with van der Waals surface area (Å²) < 4.78 is 0. The highest BCUT2D eigenvalue weighted by Crippen LogP contribution is 2.26. The van der Waals surface area contributed by atoms with Gasteiger partial charge in [0, 0.05) is 25.2 Å². The van der Waals surface area contributed by atoms with E-state index in [2.05, 4.69) is 19.2 Å². The van der Waals surface area contributed by atoms with E-state index in [1.54, 1.807) is 17.0 Å². The fourth-order valence-electron chi connectivity index (χ4n) is 3.29. The van der Waals surface area contributed by atoms with Gasteiger partial charge in [-0.2, -0.15) is 0 Å². The van der Waals surface area contributed by atoms with Crippen molar-refractivity contribution in [2.75, 3.05) is 18.4 Å². The number of unbranched alkanes of at least 4 members (excludes halogenated alkanes) is 4. The Hall–Kier alpha value is -1.79. The van der Waals surface area contributed by atoms with Crippen LogP contribution in [0, 0.1) is 5.92 Å². The molecule has 0 radical (unpaired) electrons. The zero-order valence-electron chi connectivity index (χ0n) is 18.5. The van der Waals surface area contributed by atoms with E-state index in [0.717, 1.165) is 38.5 Å². The number of carbonyl (C=O) groups is 3. The summed E-state index contributed by atoms with van der Waals surface area (Å²) in [5.74, 6) is -2.59. The lowest BCUT2D eigenvalue weighted by Crippen LogP contribution is -2.42. The first-order valence-electron chi connectivity index (χ1n) is 11.1. The molecule has 31 heavy (non-hydrogen) atoms. The Bertz CT molecular complexity index is 718. The third-order valence-corrected chi connectivity index (χ3v) is 5.80. The molecule has 0 aliphatic rings. The highest BCUT2D eigenvalue weighted by atomic mass is 35.5. The zero-order valence-corrected chi connectivity index (χ0v) is 20.0. The molecule has 0 heterocycles. The molecular formula is C23H34Cl2N2O4. The minimum atomic E-state index is -0.947. The molecule has 1 rings (SSSR count). The first kappa shape index (κ1) is 27.2. The maximum Gasteiger partial charge on any atom is 0.303 e. The van der Waals surface area contributed by atoms with Crippen molar-refractivity contribution >= 4 is 46.7 Å². The number of nitrogens with zero attached hydrogens (tertiary/aromatic N) is 1. The second-order valence-electron chi connectivity index (χ2n) is 7.70. The number of aliphatic carboxylic acids is 1. The van der Waals surface area contributed by atoms with Gasteiger partial charge < -0.3 is 15.3 Å². The van der Waals surface area contributed by atoms with Crippen LogP contribution in [-0.2, 0) is 14.4 Å². The summed E-state index contributed by atoms with van der Waals surface area (Å²) in [6.45, 7) is 5.41. The van der Waals surface area contributed by atoms with Gasteiger partial charge in [0.05, 0.1) is 10.0 Å². The van der Waals surface area contributed by atoms with E-state index in [4.69, 9.17) is 28.3 Å². The second-order valence-corrected chi connectivity index (χ2v) is 8.51. The van der Waals surface area contributed by atoms with Crippen molar-refractivity contribution < 1.29 is 19.5 Å². The summed E-state index contributed by atoms with van der Waals surface area (Å²) in [4.78, 5) is 39.0. The van der Waals surface area contributed by atoms with Gasteiger partial charge in [0.2, 0.25) is 11.8 Å². The summed E-state index contributed by atoms with van der Waals surface area (Å²) in [7, 11) is 0. The van der Waals surface area contributed by atoms with E-state index < -0.39 is 17.8 Å². The van der Waals surface area contributed by atoms with Crippen molar-refractivity contribution in [3.8, 4) is 0 Å². The van der Waals surface area contributed by atoms with E-state index in [9.17, 15) is 14.4 Å². The second kappa shape index (κ2) is 15.1. The number of hydrogen-bond donors (Lipinski definition) is 2. The third-order valence-electron chi connectivity index (χ3n) is 5.06. The van der Waals surface area contributed by atoms with Crippen LogP contribution in [0.4, 0.5) is 5.69 Å². The molecule has 0 saturated heterocycles. The fraction of sp³-hybridized carbons (Fsp3) is 0.609. The van der Waals surface area contributed by atoms with Crippen LogP contribution < -0.4 is 5.32 Å². The van der Waals surface area contributed by atoms with Crippen molar-refractivity contribution in [2.24, 2.45) is 5.92 Å². The lowest BCUT2D eigenvalue weighted by atomic mass is 9.98. The third kappa shape index (κ3) is 10.4. The van der Waals surface area contributed by atoms with Crippen LogP contribution in [0.1, 0.15) is 71.6 Å². The molecule has 8 heteroatoms. The lowest BCUT2D eigenvalue weighted by molar-refractivity contribution is -0.142. The van der Waals surface area contributed by atoms with Crippen molar-refractivity contribution in [1.29, 1.82) is 0 Å². The van der Waals surface area contributed by atoms with Crippen LogP contribution in [0.25, 0.3) is 0 Å². The Morgan fingerprint density at radius 3 is 2.10 bits per heavy atom. The van der Waals surface area contributed by atoms with E-state index in [1.165, 1.54) is 6.07 Å². The molecule has 0 aliphatic heterocycles. The number of hydrogen-bond acceptors (Lipinski definition) is 3. The van der Waals surface area contributed by atoms with Crippen molar-refractivity contribution in [3.63, 3.8) is 0 Å². The number of carbonyl (C=O) groups excluding carboxylic acids is 2. The standard InChI is InChI=1S/C23H34Cl2N2O4/c1-3-5-7-14-27(15-8-6-4-2)23(31)18(10-9-11-21(28)29)22(30)26-17-12-13-19(24)20(25)16-17/h12-13,16,18H,3-11,14-15H2,1-2H3,(H,26,30)(H,28,29). The van der Waals surface area contributed by atoms with E-state index in [1.807, 2.05) is 0 Å². The minimum absolute atomic E-state index is 0.0878. The summed E-state index contributed by atoms with van der Waals surface area (Å²) in [5.41, 5.74) is 0.443. The predicted molar refractivity (Wildman–Crippen MR) is 126 cm³/mol. The molecule has 0 aliphatic carbocycles. The average molecular weight is 473 g/mol. The Labute approximate surface area is 195 Å². The number of anilines is 1. The van der Waals surface area contributed by atoms with Gasteiger partial charge in [0.1, 0.15) is 5.92 Å². The van der Waals surface area contributed by atoms with Crippen LogP contribution in [0.15, 0.2) is 18.2 Å². The van der Waals surface area contributed by atoms with Gasteiger partial charge in [-0.25, -0.2) is 0 Å². The Morgan fingerprint density at radius 2 is 1.58 bits per heavy atom. The number of carboxylic acid groups (broad SMARTS) is 1. The molecule has 0 saturated carbocycles. The van der Waals surface area contributed by atoms with Crippen LogP contribution in [0.3, 0.4) is 0 Å². The number of nitrogens with one attached hydrogen (secondary N) is 1. The van der Waals surface area contributed by atoms with E-state index in [-0.39, 0.29) is 25.2 Å². The molecule has 0 aromatic heterocycles. The first-order valence-corrected chi connectivity index (χ1v) is 11.8. The molecule has 2 amide bonds. The quantitative estimate of drug-likeness (QED) is 0.241. The van der Waals surface area contributed by atoms with Gasteiger partial charge in [0.25, 0.3) is 0 Å². The van der Waals surface area contributed by atoms with Gasteiger partial charge in [-0.1, -0.05) is 62.7 Å². The van der Waals surface area contributed by atoms with Gasteiger partial charge in [0.15, 0.2) is 0 Å². The maximum absolute atomic E-state index is 13.3. The predicted octanol–water partition coefficient (Wildman–Crippen LogP) is 6.01. The van der Waals surface area contributed by atoms with E-state index >= 15 is 0 Å². The molecule has 174 valence electrons. The SMILES string of the molecule is CCCCCN(CCCCC)C(=O)C(CCCC(=O)O)C(=O)Nc1ccc(Cl)c(Cl)c1. The van der Waals surface area contributed by atoms with Crippen molar-refractivity contribution in [2.45, 2.75) is 71.6 Å². The molecule has 2 N–H and O–H groups in total. The summed E-state index contributed by atoms with van der Waals surface area (Å²) >= 11 is 12.0. The highest BCUT2D eigenvalue weighted by Gasteiger charge is 2.30. The topological polar surface area (TPSA) is 86.7 Å². The van der Waals surface area contributed by atoms with Crippen molar-refractivity contribution in [3.05, 3.63) is 28.2 Å². The number of carboxylic acids is 1. The summed E-state index contributed by atoms with van der Waals surface area (Å²) in [6.07, 6.45) is 6.19. The monoisotopic (exact) mass is 472 g/mol. The Kier molecular flexibility index (Phi) is 13.3. The molecule has 1 aromatic carbocycles. The van der Waals surface area contributed by atoms with Gasteiger partial charge in [-0.3, -0.25) is 14.4 Å². The van der Waals surface area contributed by atoms with Crippen LogP contribution >= 0.6 is 23.2 Å². The number of rotatable bonds is 15. The molecular weight excluding hydrogens is 439 g/mol. The van der Waals surface area contributed by atoms with Gasteiger partial charge in [-0.15, -0.1) is 0 Å². The summed E-state index contributed by atoms with van der Waals surface area (Å²) in [5, 5.41) is 12.4. The maximum atomic E-state index is 13.3. The number of amides is 2. The first-order chi connectivity index (χ1) is 14.8. The molecule has 1 atom stereocenters. The largest absolute Gasteiger partial charge is 0.481 e. The highest BCUT2D eigenvalue weighted by molar-refractivity contribution is 6.42. The Balaban J connectivity index is 2.98. The van der Waals surface area contributed by atoms with Crippen LogP contribution in [0.2, 0.25) is 10.0 Å². The molecule has 1 unspecified atom stereocenters. The molecule has 0 bridgehead atoms. The van der Waals surface area contributed by atoms with Gasteiger partial charge >= 0.3 is 5.97 Å². The normalized spacial score (nSPS) is 11.7. The van der Waals surface area contributed by atoms with E-state index in [0.29, 0.717) is 28.8 Å². The number of halogens is 2. The summed E-state index contributed by atoms with van der Waals surface area (Å²) in [6, 6.07) is 4.72. The lowest BCUT2D eigenvalue weighted by Gasteiger charge is -2.27. The molecule has 1 aromatic rings. The van der Waals surface area contributed by atoms with Crippen LogP contribution in [-0.4, -0.2) is 40.9 Å². The average Bonchev–Trinajstić information content (AvgIpc) is 2.72. The van der Waals surface area contributed by atoms with Crippen LogP contribution in [0.5, 0.6) is 0 Å². The minimum Gasteiger partial charge on any atom is -0.481 e. The number of benzene rings is 1. The molecule has 6 nitrogen and oxygen atoms in total. The smallest absolute Gasteiger partial charge is 0.303 e. The molecule has 0 fully saturated rings. The molecule has 0 spiro atoms.